The highest BCUT2D eigenvalue weighted by Gasteiger charge is 2.37. The van der Waals surface area contributed by atoms with Gasteiger partial charge in [-0.15, -0.1) is 0 Å². The minimum absolute atomic E-state index is 0.162. The van der Waals surface area contributed by atoms with Gasteiger partial charge in [-0.05, 0) is 25.3 Å². The molecule has 0 spiro atoms. The highest BCUT2D eigenvalue weighted by Crippen LogP contribution is 2.35. The molecule has 1 saturated carbocycles. The molecule has 1 aliphatic rings. The monoisotopic (exact) mass is 214 g/mol. The Morgan fingerprint density at radius 3 is 2.73 bits per heavy atom. The summed E-state index contributed by atoms with van der Waals surface area (Å²) in [6, 6.07) is 0. The molecule has 1 aliphatic carbocycles. The Hall–Kier alpha value is -0.120. The van der Waals surface area contributed by atoms with Crippen LogP contribution in [-0.4, -0.2) is 41.8 Å². The van der Waals surface area contributed by atoms with Crippen molar-refractivity contribution in [3.63, 3.8) is 0 Å². The second-order valence-corrected chi connectivity index (χ2v) is 4.93. The molecule has 0 radical (unpaired) electrons. The molecule has 2 unspecified atom stereocenters. The summed E-state index contributed by atoms with van der Waals surface area (Å²) in [5.74, 6) is 0.773. The lowest BCUT2D eigenvalue weighted by Gasteiger charge is -2.47. The highest BCUT2D eigenvalue weighted by molar-refractivity contribution is 4.95. The van der Waals surface area contributed by atoms with Gasteiger partial charge in [-0.1, -0.05) is 26.7 Å². The van der Waals surface area contributed by atoms with Crippen LogP contribution in [0.25, 0.3) is 0 Å². The van der Waals surface area contributed by atoms with Crippen molar-refractivity contribution < 1.29 is 5.11 Å². The molecule has 0 saturated heterocycles. The second-order valence-electron chi connectivity index (χ2n) is 4.93. The van der Waals surface area contributed by atoms with Crippen molar-refractivity contribution in [2.45, 2.75) is 45.1 Å². The van der Waals surface area contributed by atoms with E-state index >= 15 is 0 Å². The highest BCUT2D eigenvalue weighted by atomic mass is 16.3. The van der Waals surface area contributed by atoms with Crippen LogP contribution < -0.4 is 5.73 Å². The third-order valence-electron chi connectivity index (χ3n) is 3.87. The number of aliphatic hydroxyl groups is 1. The number of nitrogens with two attached hydrogens (primary N) is 1. The third-order valence-corrected chi connectivity index (χ3v) is 3.87. The van der Waals surface area contributed by atoms with E-state index in [2.05, 4.69) is 18.7 Å². The van der Waals surface area contributed by atoms with Crippen molar-refractivity contribution in [3.05, 3.63) is 0 Å². The van der Waals surface area contributed by atoms with E-state index in [1.807, 2.05) is 0 Å². The van der Waals surface area contributed by atoms with Gasteiger partial charge in [-0.2, -0.15) is 0 Å². The molecule has 90 valence electrons. The fourth-order valence-corrected chi connectivity index (χ4v) is 3.09. The smallest absolute Gasteiger partial charge is 0.0558 e. The molecule has 0 heterocycles. The van der Waals surface area contributed by atoms with Crippen molar-refractivity contribution >= 4 is 0 Å². The van der Waals surface area contributed by atoms with Crippen molar-refractivity contribution in [2.24, 2.45) is 11.7 Å². The normalized spacial score (nSPS) is 32.2. The largest absolute Gasteiger partial charge is 0.395 e. The van der Waals surface area contributed by atoms with E-state index in [-0.39, 0.29) is 12.1 Å². The van der Waals surface area contributed by atoms with E-state index < -0.39 is 0 Å². The van der Waals surface area contributed by atoms with Gasteiger partial charge in [0.1, 0.15) is 0 Å². The average Bonchev–Trinajstić information content (AvgIpc) is 2.25. The minimum Gasteiger partial charge on any atom is -0.395 e. The van der Waals surface area contributed by atoms with Gasteiger partial charge < -0.3 is 10.8 Å². The van der Waals surface area contributed by atoms with E-state index in [9.17, 15) is 0 Å². The van der Waals surface area contributed by atoms with Crippen molar-refractivity contribution in [2.75, 3.05) is 26.2 Å². The zero-order valence-electron chi connectivity index (χ0n) is 10.2. The molecule has 3 heteroatoms. The lowest BCUT2D eigenvalue weighted by molar-refractivity contribution is 0.0305. The predicted molar refractivity (Wildman–Crippen MR) is 63.8 cm³/mol. The van der Waals surface area contributed by atoms with Crippen LogP contribution in [-0.2, 0) is 0 Å². The Morgan fingerprint density at radius 2 is 2.27 bits per heavy atom. The quantitative estimate of drug-likeness (QED) is 0.723. The number of likely N-dealkylation sites (N-methyl/N-ethyl adjacent to an activating group) is 1. The number of hydrogen-bond donors (Lipinski definition) is 2. The number of aliphatic hydroxyl groups excluding tert-OH is 1. The average molecular weight is 214 g/mol. The van der Waals surface area contributed by atoms with Gasteiger partial charge in [0.25, 0.3) is 0 Å². The van der Waals surface area contributed by atoms with Gasteiger partial charge in [0, 0.05) is 18.6 Å². The molecular formula is C12H26N2O. The Bertz CT molecular complexity index is 186. The number of hydrogen-bond acceptors (Lipinski definition) is 3. The van der Waals surface area contributed by atoms with Crippen LogP contribution in [0.1, 0.15) is 39.5 Å². The lowest BCUT2D eigenvalue weighted by Crippen LogP contribution is -2.56. The molecule has 0 aliphatic heterocycles. The van der Waals surface area contributed by atoms with Crippen LogP contribution in [0.5, 0.6) is 0 Å². The first-order chi connectivity index (χ1) is 7.18. The lowest BCUT2D eigenvalue weighted by atomic mass is 9.75. The Balaban J connectivity index is 2.71. The Kier molecular flexibility index (Phi) is 5.03. The number of β-amino-alcohol motifs (C(OH)–C–C–N with tert-alkyl or cyclic N) is 1. The molecule has 0 aromatic heterocycles. The summed E-state index contributed by atoms with van der Waals surface area (Å²) in [5.41, 5.74) is 6.15. The fourth-order valence-electron chi connectivity index (χ4n) is 3.09. The molecule has 3 N–H and O–H groups in total. The van der Waals surface area contributed by atoms with Gasteiger partial charge in [-0.25, -0.2) is 0 Å². The first kappa shape index (κ1) is 12.9. The second kappa shape index (κ2) is 5.83. The molecular weight excluding hydrogens is 188 g/mol. The molecule has 1 fully saturated rings. The van der Waals surface area contributed by atoms with E-state index in [1.165, 1.54) is 25.7 Å². The fraction of sp³-hybridized carbons (Fsp3) is 1.00. The maximum Gasteiger partial charge on any atom is 0.0558 e. The van der Waals surface area contributed by atoms with E-state index in [4.69, 9.17) is 10.8 Å². The molecule has 3 nitrogen and oxygen atoms in total. The molecule has 0 aromatic carbocycles. The zero-order chi connectivity index (χ0) is 11.3. The molecule has 0 aromatic rings. The van der Waals surface area contributed by atoms with Crippen molar-refractivity contribution in [1.82, 2.24) is 4.90 Å². The summed E-state index contributed by atoms with van der Waals surface area (Å²) < 4.78 is 0. The summed E-state index contributed by atoms with van der Waals surface area (Å²) in [5, 5.41) is 9.09. The molecule has 1 rings (SSSR count). The first-order valence-corrected chi connectivity index (χ1v) is 6.24. The van der Waals surface area contributed by atoms with Gasteiger partial charge in [0.2, 0.25) is 0 Å². The van der Waals surface area contributed by atoms with Gasteiger partial charge >= 0.3 is 0 Å². The van der Waals surface area contributed by atoms with Gasteiger partial charge in [0.05, 0.1) is 6.61 Å². The summed E-state index contributed by atoms with van der Waals surface area (Å²) in [4.78, 5) is 2.38. The zero-order valence-corrected chi connectivity index (χ0v) is 10.2. The summed E-state index contributed by atoms with van der Waals surface area (Å²) in [6.45, 7) is 7.20. The van der Waals surface area contributed by atoms with Crippen LogP contribution >= 0.6 is 0 Å². The van der Waals surface area contributed by atoms with Crippen LogP contribution in [0.4, 0.5) is 0 Å². The Morgan fingerprint density at radius 1 is 1.53 bits per heavy atom. The SMILES string of the molecule is CCN(CCO)C1(CN)CCCC(C)C1. The minimum atomic E-state index is 0.162. The van der Waals surface area contributed by atoms with Crippen LogP contribution in [0, 0.1) is 5.92 Å². The van der Waals surface area contributed by atoms with Crippen molar-refractivity contribution in [1.29, 1.82) is 0 Å². The molecule has 0 amide bonds. The predicted octanol–water partition coefficient (Wildman–Crippen LogP) is 1.21. The third kappa shape index (κ3) is 2.92. The van der Waals surface area contributed by atoms with Gasteiger partial charge in [-0.3, -0.25) is 4.90 Å². The molecule has 2 atom stereocenters. The van der Waals surface area contributed by atoms with E-state index in [1.54, 1.807) is 0 Å². The topological polar surface area (TPSA) is 49.5 Å². The Labute approximate surface area is 93.6 Å². The van der Waals surface area contributed by atoms with Crippen LogP contribution in [0.3, 0.4) is 0 Å². The summed E-state index contributed by atoms with van der Waals surface area (Å²) >= 11 is 0. The van der Waals surface area contributed by atoms with E-state index in [0.29, 0.717) is 0 Å². The molecule has 0 bridgehead atoms. The standard InChI is InChI=1S/C12H26N2O/c1-3-14(7-8-15)12(10-13)6-4-5-11(2)9-12/h11,15H,3-10,13H2,1-2H3. The van der Waals surface area contributed by atoms with Crippen molar-refractivity contribution in [3.8, 4) is 0 Å². The maximum atomic E-state index is 9.09. The summed E-state index contributed by atoms with van der Waals surface area (Å²) in [7, 11) is 0. The van der Waals surface area contributed by atoms with E-state index in [0.717, 1.165) is 25.6 Å². The van der Waals surface area contributed by atoms with Gasteiger partial charge in [0.15, 0.2) is 0 Å². The van der Waals surface area contributed by atoms with Crippen LogP contribution in [0.2, 0.25) is 0 Å². The van der Waals surface area contributed by atoms with Crippen LogP contribution in [0.15, 0.2) is 0 Å². The maximum absolute atomic E-state index is 9.09. The number of rotatable bonds is 5. The molecule has 15 heavy (non-hydrogen) atoms. The first-order valence-electron chi connectivity index (χ1n) is 6.24. The number of nitrogens with zero attached hydrogens (tertiary/aromatic N) is 1. The summed E-state index contributed by atoms with van der Waals surface area (Å²) in [6.07, 6.45) is 5.00.